The second-order valence-electron chi connectivity index (χ2n) is 8.66. The van der Waals surface area contributed by atoms with Gasteiger partial charge < -0.3 is 19.3 Å². The van der Waals surface area contributed by atoms with Crippen LogP contribution in [0.1, 0.15) is 30.5 Å². The normalized spacial score (nSPS) is 12.4. The monoisotopic (exact) mass is 447 g/mol. The zero-order valence-electron chi connectivity index (χ0n) is 18.9. The fraction of sp³-hybridized carbons (Fsp3) is 0.269. The summed E-state index contributed by atoms with van der Waals surface area (Å²) in [4.78, 5) is 36.6. The second-order valence-corrected chi connectivity index (χ2v) is 8.66. The maximum absolute atomic E-state index is 12.6. The lowest BCUT2D eigenvalue weighted by atomic mass is 9.98. The molecule has 4 rings (SSSR count). The molecule has 0 spiro atoms. The van der Waals surface area contributed by atoms with E-state index in [9.17, 15) is 19.5 Å². The largest absolute Gasteiger partial charge is 0.480 e. The number of rotatable bonds is 6. The molecule has 2 aromatic carbocycles. The Kier molecular flexibility index (Phi) is 5.80. The molecule has 0 radical (unpaired) electrons. The van der Waals surface area contributed by atoms with Crippen molar-refractivity contribution in [3.05, 3.63) is 69.8 Å². The van der Waals surface area contributed by atoms with Gasteiger partial charge in [0.15, 0.2) is 0 Å². The first kappa shape index (κ1) is 22.3. The predicted octanol–water partition coefficient (Wildman–Crippen LogP) is 4.59. The molecular formula is C26H25NO6. The Hall–Kier alpha value is -3.87. The first-order valence-electron chi connectivity index (χ1n) is 10.7. The number of hydrogen-bond acceptors (Lipinski definition) is 5. The maximum atomic E-state index is 12.6. The molecule has 0 aliphatic rings. The lowest BCUT2D eigenvalue weighted by molar-refractivity contribution is -0.143. The van der Waals surface area contributed by atoms with Gasteiger partial charge in [0, 0.05) is 22.4 Å². The highest BCUT2D eigenvalue weighted by atomic mass is 16.4. The molecule has 0 bridgehead atoms. The van der Waals surface area contributed by atoms with Gasteiger partial charge in [-0.25, -0.2) is 9.59 Å². The van der Waals surface area contributed by atoms with Crippen molar-refractivity contribution in [3.63, 3.8) is 0 Å². The van der Waals surface area contributed by atoms with Crippen molar-refractivity contribution in [2.24, 2.45) is 5.92 Å². The first-order valence-corrected chi connectivity index (χ1v) is 10.7. The van der Waals surface area contributed by atoms with Gasteiger partial charge in [-0.3, -0.25) is 4.79 Å². The highest BCUT2D eigenvalue weighted by molar-refractivity contribution is 6.02. The summed E-state index contributed by atoms with van der Waals surface area (Å²) in [7, 11) is 0. The van der Waals surface area contributed by atoms with E-state index in [2.05, 4.69) is 5.32 Å². The fourth-order valence-electron chi connectivity index (χ4n) is 3.97. The van der Waals surface area contributed by atoms with Crippen molar-refractivity contribution >= 4 is 33.8 Å². The molecule has 4 aromatic rings. The topological polar surface area (TPSA) is 110 Å². The van der Waals surface area contributed by atoms with E-state index >= 15 is 0 Å². The minimum Gasteiger partial charge on any atom is -0.480 e. The number of hydrogen-bond donors (Lipinski definition) is 2. The van der Waals surface area contributed by atoms with E-state index < -0.39 is 23.5 Å². The van der Waals surface area contributed by atoms with Crippen LogP contribution in [0.15, 0.2) is 56.3 Å². The maximum Gasteiger partial charge on any atom is 0.340 e. The number of furan rings is 1. The molecular weight excluding hydrogens is 422 g/mol. The summed E-state index contributed by atoms with van der Waals surface area (Å²) in [5.41, 5.74) is 4.21. The van der Waals surface area contributed by atoms with Crippen LogP contribution in [0.2, 0.25) is 0 Å². The van der Waals surface area contributed by atoms with Crippen LogP contribution < -0.4 is 10.9 Å². The van der Waals surface area contributed by atoms with Crippen molar-refractivity contribution in [2.75, 3.05) is 0 Å². The summed E-state index contributed by atoms with van der Waals surface area (Å²) >= 11 is 0. The molecule has 2 aromatic heterocycles. The van der Waals surface area contributed by atoms with Crippen LogP contribution in [0.25, 0.3) is 33.1 Å². The third kappa shape index (κ3) is 4.26. The Labute approximate surface area is 190 Å². The quantitative estimate of drug-likeness (QED) is 0.418. The Morgan fingerprint density at radius 2 is 1.73 bits per heavy atom. The standard InChI is InChI=1S/C26H25NO6/c1-13(2)24(25(29)30)27-23(28)10-18-15(4)17-9-19-20(16-7-5-14(3)6-8-16)12-32-21(19)11-22(17)33-26(18)31/h5-9,11-13,24H,10H2,1-4H3,(H,27,28)(H,29,30)/t24-/m0/s1. The van der Waals surface area contributed by atoms with Crippen molar-refractivity contribution in [1.29, 1.82) is 0 Å². The van der Waals surface area contributed by atoms with Gasteiger partial charge in [-0.1, -0.05) is 43.7 Å². The van der Waals surface area contributed by atoms with Gasteiger partial charge in [0.2, 0.25) is 5.91 Å². The number of carbonyl (C=O) groups is 2. The van der Waals surface area contributed by atoms with Gasteiger partial charge in [0.1, 0.15) is 17.2 Å². The lowest BCUT2D eigenvalue weighted by Crippen LogP contribution is -2.45. The number of fused-ring (bicyclic) bond motifs is 2. The minimum atomic E-state index is -1.12. The van der Waals surface area contributed by atoms with E-state index in [1.807, 2.05) is 37.3 Å². The van der Waals surface area contributed by atoms with Crippen LogP contribution >= 0.6 is 0 Å². The molecule has 2 heterocycles. The van der Waals surface area contributed by atoms with E-state index in [-0.39, 0.29) is 17.9 Å². The van der Waals surface area contributed by atoms with Crippen LogP contribution in [0.3, 0.4) is 0 Å². The molecule has 0 saturated carbocycles. The molecule has 0 aliphatic heterocycles. The fourth-order valence-corrected chi connectivity index (χ4v) is 3.97. The average molecular weight is 447 g/mol. The van der Waals surface area contributed by atoms with Gasteiger partial charge in [-0.15, -0.1) is 0 Å². The molecule has 0 fully saturated rings. The number of nitrogens with one attached hydrogen (secondary N) is 1. The highest BCUT2D eigenvalue weighted by Gasteiger charge is 2.25. The SMILES string of the molecule is Cc1ccc(-c2coc3cc4oc(=O)c(CC(=O)N[C@H](C(=O)O)C(C)C)c(C)c4cc23)cc1. The van der Waals surface area contributed by atoms with Crippen LogP contribution in [0, 0.1) is 19.8 Å². The smallest absolute Gasteiger partial charge is 0.340 e. The summed E-state index contributed by atoms with van der Waals surface area (Å²) in [6.07, 6.45) is 1.41. The van der Waals surface area contributed by atoms with E-state index in [0.29, 0.717) is 22.1 Å². The third-order valence-electron chi connectivity index (χ3n) is 5.93. The lowest BCUT2D eigenvalue weighted by Gasteiger charge is -2.18. The van der Waals surface area contributed by atoms with Crippen LogP contribution in [0.5, 0.6) is 0 Å². The van der Waals surface area contributed by atoms with E-state index in [4.69, 9.17) is 8.83 Å². The van der Waals surface area contributed by atoms with Crippen LogP contribution in [0.4, 0.5) is 0 Å². The van der Waals surface area contributed by atoms with Crippen molar-refractivity contribution in [2.45, 2.75) is 40.2 Å². The van der Waals surface area contributed by atoms with Gasteiger partial charge in [0.25, 0.3) is 0 Å². The van der Waals surface area contributed by atoms with Crippen LogP contribution in [-0.2, 0) is 16.0 Å². The van der Waals surface area contributed by atoms with Crippen LogP contribution in [-0.4, -0.2) is 23.0 Å². The Morgan fingerprint density at radius 3 is 2.36 bits per heavy atom. The molecule has 170 valence electrons. The van der Waals surface area contributed by atoms with Gasteiger partial charge in [-0.05, 0) is 37.0 Å². The Morgan fingerprint density at radius 1 is 1.03 bits per heavy atom. The zero-order valence-corrected chi connectivity index (χ0v) is 18.9. The third-order valence-corrected chi connectivity index (χ3v) is 5.93. The number of aliphatic carboxylic acids is 1. The molecule has 7 heteroatoms. The van der Waals surface area contributed by atoms with E-state index in [1.165, 1.54) is 0 Å². The number of aryl methyl sites for hydroxylation is 2. The summed E-state index contributed by atoms with van der Waals surface area (Å²) in [5, 5.41) is 13.4. The summed E-state index contributed by atoms with van der Waals surface area (Å²) in [6.45, 7) is 7.19. The van der Waals surface area contributed by atoms with Gasteiger partial charge in [0.05, 0.1) is 18.2 Å². The molecule has 1 amide bonds. The van der Waals surface area contributed by atoms with Gasteiger partial charge in [-0.2, -0.15) is 0 Å². The number of carbonyl (C=O) groups excluding carboxylic acids is 1. The van der Waals surface area contributed by atoms with Gasteiger partial charge >= 0.3 is 11.6 Å². The predicted molar refractivity (Wildman–Crippen MR) is 125 cm³/mol. The van der Waals surface area contributed by atoms with Crippen molar-refractivity contribution in [1.82, 2.24) is 5.32 Å². The highest BCUT2D eigenvalue weighted by Crippen LogP contribution is 2.34. The molecule has 33 heavy (non-hydrogen) atoms. The molecule has 1 atom stereocenters. The van der Waals surface area contributed by atoms with E-state index in [1.54, 1.807) is 33.1 Å². The van der Waals surface area contributed by atoms with Crippen molar-refractivity contribution < 1.29 is 23.5 Å². The molecule has 7 nitrogen and oxygen atoms in total. The molecule has 2 N–H and O–H groups in total. The number of carboxylic acid groups (broad SMARTS) is 1. The number of amides is 1. The molecule has 0 unspecified atom stereocenters. The molecule has 0 saturated heterocycles. The average Bonchev–Trinajstić information content (AvgIpc) is 3.16. The van der Waals surface area contributed by atoms with E-state index in [0.717, 1.165) is 22.1 Å². The number of benzene rings is 2. The molecule has 0 aliphatic carbocycles. The summed E-state index contributed by atoms with van der Waals surface area (Å²) in [5.74, 6) is -1.96. The van der Waals surface area contributed by atoms with Crippen molar-refractivity contribution in [3.8, 4) is 11.1 Å². The summed E-state index contributed by atoms with van der Waals surface area (Å²) in [6, 6.07) is 10.6. The minimum absolute atomic E-state index is 0.202. The number of carboxylic acids is 1. The Balaban J connectivity index is 1.76. The first-order chi connectivity index (χ1) is 15.7. The zero-order chi connectivity index (χ0) is 23.9. The summed E-state index contributed by atoms with van der Waals surface area (Å²) < 4.78 is 11.2. The Bertz CT molecular complexity index is 1430. The second kappa shape index (κ2) is 8.58.